The second-order valence-electron chi connectivity index (χ2n) is 6.21. The summed E-state index contributed by atoms with van der Waals surface area (Å²) in [6, 6.07) is 18.5. The van der Waals surface area contributed by atoms with Crippen LogP contribution in [0.5, 0.6) is 0 Å². The van der Waals surface area contributed by atoms with Crippen molar-refractivity contribution in [1.82, 2.24) is 15.1 Å². The van der Waals surface area contributed by atoms with Crippen molar-refractivity contribution < 1.29 is 4.79 Å². The number of hydrogen-bond acceptors (Lipinski definition) is 2. The fraction of sp³-hybridized carbons (Fsp3) is 0.238. The second-order valence-corrected chi connectivity index (χ2v) is 6.21. The van der Waals surface area contributed by atoms with Crippen molar-refractivity contribution in [2.24, 2.45) is 0 Å². The van der Waals surface area contributed by atoms with Gasteiger partial charge in [-0.1, -0.05) is 42.0 Å². The van der Waals surface area contributed by atoms with Gasteiger partial charge in [0, 0.05) is 25.4 Å². The molecular formula is C21H23N3O. The zero-order chi connectivity index (χ0) is 17.5. The standard InChI is InChI=1S/C21H23N3O/c1-17-4-2-5-19(16-17)8-11-21(25)22-14-12-18-6-9-20(10-7-18)24-15-3-13-23-24/h2-7,9-10,13,15-16H,8,11-12,14H2,1H3,(H,22,25). The van der Waals surface area contributed by atoms with Gasteiger partial charge in [-0.15, -0.1) is 0 Å². The first-order valence-electron chi connectivity index (χ1n) is 8.62. The van der Waals surface area contributed by atoms with Crippen molar-refractivity contribution in [2.45, 2.75) is 26.2 Å². The van der Waals surface area contributed by atoms with Crippen molar-refractivity contribution >= 4 is 5.91 Å². The summed E-state index contributed by atoms with van der Waals surface area (Å²) in [5.41, 5.74) is 4.69. The monoisotopic (exact) mass is 333 g/mol. The van der Waals surface area contributed by atoms with Crippen molar-refractivity contribution in [3.63, 3.8) is 0 Å². The van der Waals surface area contributed by atoms with Gasteiger partial charge in [-0.05, 0) is 49.1 Å². The van der Waals surface area contributed by atoms with Crippen LogP contribution in [0, 0.1) is 6.92 Å². The molecule has 3 aromatic rings. The first-order chi connectivity index (χ1) is 12.2. The highest BCUT2D eigenvalue weighted by molar-refractivity contribution is 5.76. The van der Waals surface area contributed by atoms with E-state index in [-0.39, 0.29) is 5.91 Å². The first kappa shape index (κ1) is 17.0. The van der Waals surface area contributed by atoms with Crippen molar-refractivity contribution in [1.29, 1.82) is 0 Å². The van der Waals surface area contributed by atoms with E-state index in [2.05, 4.69) is 47.7 Å². The summed E-state index contributed by atoms with van der Waals surface area (Å²) >= 11 is 0. The van der Waals surface area contributed by atoms with Gasteiger partial charge in [0.05, 0.1) is 5.69 Å². The number of carbonyl (C=O) groups excluding carboxylic acids is 1. The molecule has 0 radical (unpaired) electrons. The van der Waals surface area contributed by atoms with Crippen molar-refractivity contribution in [3.05, 3.63) is 83.7 Å². The van der Waals surface area contributed by atoms with Gasteiger partial charge < -0.3 is 5.32 Å². The molecule has 4 heteroatoms. The molecule has 1 heterocycles. The van der Waals surface area contributed by atoms with Gasteiger partial charge in [-0.25, -0.2) is 4.68 Å². The molecule has 0 aliphatic rings. The van der Waals surface area contributed by atoms with Crippen LogP contribution in [0.25, 0.3) is 5.69 Å². The Morgan fingerprint density at radius 1 is 1.04 bits per heavy atom. The Bertz CT molecular complexity index is 807. The van der Waals surface area contributed by atoms with Gasteiger partial charge in [0.1, 0.15) is 0 Å². The lowest BCUT2D eigenvalue weighted by Crippen LogP contribution is -2.25. The van der Waals surface area contributed by atoms with Gasteiger partial charge in [0.2, 0.25) is 5.91 Å². The maximum absolute atomic E-state index is 12.0. The highest BCUT2D eigenvalue weighted by atomic mass is 16.1. The zero-order valence-electron chi connectivity index (χ0n) is 14.5. The van der Waals surface area contributed by atoms with Gasteiger partial charge in [0.25, 0.3) is 0 Å². The molecule has 1 aromatic heterocycles. The van der Waals surface area contributed by atoms with Crippen LogP contribution in [-0.2, 0) is 17.6 Å². The molecule has 0 aliphatic heterocycles. The highest BCUT2D eigenvalue weighted by Gasteiger charge is 2.03. The molecular weight excluding hydrogens is 310 g/mol. The van der Waals surface area contributed by atoms with E-state index < -0.39 is 0 Å². The van der Waals surface area contributed by atoms with Crippen molar-refractivity contribution in [2.75, 3.05) is 6.54 Å². The topological polar surface area (TPSA) is 46.9 Å². The van der Waals surface area contributed by atoms with Gasteiger partial charge in [-0.3, -0.25) is 4.79 Å². The molecule has 0 spiro atoms. The number of hydrogen-bond donors (Lipinski definition) is 1. The summed E-state index contributed by atoms with van der Waals surface area (Å²) in [4.78, 5) is 12.0. The van der Waals surface area contributed by atoms with E-state index in [9.17, 15) is 4.79 Å². The Hall–Kier alpha value is -2.88. The van der Waals surface area contributed by atoms with E-state index in [0.717, 1.165) is 18.5 Å². The van der Waals surface area contributed by atoms with Crippen LogP contribution in [0.2, 0.25) is 0 Å². The van der Waals surface area contributed by atoms with Gasteiger partial charge in [0.15, 0.2) is 0 Å². The maximum Gasteiger partial charge on any atom is 0.220 e. The van der Waals surface area contributed by atoms with E-state index >= 15 is 0 Å². The fourth-order valence-corrected chi connectivity index (χ4v) is 2.80. The number of aromatic nitrogens is 2. The minimum atomic E-state index is 0.106. The lowest BCUT2D eigenvalue weighted by Gasteiger charge is -2.07. The Labute approximate surface area is 148 Å². The molecule has 0 atom stereocenters. The number of nitrogens with one attached hydrogen (secondary N) is 1. The SMILES string of the molecule is Cc1cccc(CCC(=O)NCCc2ccc(-n3cccn3)cc2)c1. The molecule has 3 rings (SSSR count). The number of rotatable bonds is 7. The van der Waals surface area contributed by atoms with Crippen LogP contribution in [0.1, 0.15) is 23.1 Å². The van der Waals surface area contributed by atoms with Crippen LogP contribution in [0.15, 0.2) is 67.0 Å². The third kappa shape index (κ3) is 5.05. The summed E-state index contributed by atoms with van der Waals surface area (Å²) in [5.74, 6) is 0.106. The molecule has 0 bridgehead atoms. The summed E-state index contributed by atoms with van der Waals surface area (Å²) in [6.45, 7) is 2.73. The molecule has 0 aliphatic carbocycles. The molecule has 0 fully saturated rings. The molecule has 1 N–H and O–H groups in total. The van der Waals surface area contributed by atoms with Crippen LogP contribution < -0.4 is 5.32 Å². The van der Waals surface area contributed by atoms with Crippen LogP contribution >= 0.6 is 0 Å². The number of amides is 1. The van der Waals surface area contributed by atoms with E-state index in [4.69, 9.17) is 0 Å². The minimum Gasteiger partial charge on any atom is -0.356 e. The third-order valence-electron chi connectivity index (χ3n) is 4.16. The molecule has 4 nitrogen and oxygen atoms in total. The van der Waals surface area contributed by atoms with E-state index in [1.54, 1.807) is 6.20 Å². The predicted octanol–water partition coefficient (Wildman–Crippen LogP) is 3.47. The number of aryl methyl sites for hydroxylation is 2. The van der Waals surface area contributed by atoms with Gasteiger partial charge >= 0.3 is 0 Å². The normalized spacial score (nSPS) is 10.6. The Balaban J connectivity index is 1.41. The summed E-state index contributed by atoms with van der Waals surface area (Å²) < 4.78 is 1.83. The molecule has 0 unspecified atom stereocenters. The molecule has 0 saturated heterocycles. The Morgan fingerprint density at radius 2 is 1.88 bits per heavy atom. The highest BCUT2D eigenvalue weighted by Crippen LogP contribution is 2.09. The maximum atomic E-state index is 12.0. The second kappa shape index (κ2) is 8.29. The molecule has 25 heavy (non-hydrogen) atoms. The lowest BCUT2D eigenvalue weighted by atomic mass is 10.1. The average Bonchev–Trinajstić information content (AvgIpc) is 3.15. The Morgan fingerprint density at radius 3 is 2.60 bits per heavy atom. The summed E-state index contributed by atoms with van der Waals surface area (Å²) in [6.07, 6.45) is 5.83. The number of carbonyl (C=O) groups is 1. The molecule has 1 amide bonds. The number of benzene rings is 2. The van der Waals surface area contributed by atoms with E-state index in [1.807, 2.05) is 35.1 Å². The van der Waals surface area contributed by atoms with E-state index in [0.29, 0.717) is 13.0 Å². The van der Waals surface area contributed by atoms with Crippen LogP contribution in [-0.4, -0.2) is 22.2 Å². The molecule has 2 aromatic carbocycles. The molecule has 0 saturated carbocycles. The number of nitrogens with zero attached hydrogens (tertiary/aromatic N) is 2. The lowest BCUT2D eigenvalue weighted by molar-refractivity contribution is -0.121. The minimum absolute atomic E-state index is 0.106. The quantitative estimate of drug-likeness (QED) is 0.719. The van der Waals surface area contributed by atoms with Crippen LogP contribution in [0.3, 0.4) is 0 Å². The largest absolute Gasteiger partial charge is 0.356 e. The predicted molar refractivity (Wildman–Crippen MR) is 99.8 cm³/mol. The van der Waals surface area contributed by atoms with Crippen LogP contribution in [0.4, 0.5) is 0 Å². The zero-order valence-corrected chi connectivity index (χ0v) is 14.5. The smallest absolute Gasteiger partial charge is 0.220 e. The van der Waals surface area contributed by atoms with Crippen molar-refractivity contribution in [3.8, 4) is 5.69 Å². The Kier molecular flexibility index (Phi) is 5.62. The summed E-state index contributed by atoms with van der Waals surface area (Å²) in [7, 11) is 0. The van der Waals surface area contributed by atoms with Gasteiger partial charge in [-0.2, -0.15) is 5.10 Å². The van der Waals surface area contributed by atoms with E-state index in [1.165, 1.54) is 16.7 Å². The average molecular weight is 333 g/mol. The first-order valence-corrected chi connectivity index (χ1v) is 8.62. The molecule has 128 valence electrons. The third-order valence-corrected chi connectivity index (χ3v) is 4.16. The fourth-order valence-electron chi connectivity index (χ4n) is 2.80. The summed E-state index contributed by atoms with van der Waals surface area (Å²) in [5, 5.41) is 7.21.